The van der Waals surface area contributed by atoms with Gasteiger partial charge in [-0.3, -0.25) is 4.79 Å². The summed E-state index contributed by atoms with van der Waals surface area (Å²) in [6.07, 6.45) is 0. The van der Waals surface area contributed by atoms with Crippen molar-refractivity contribution in [2.75, 3.05) is 0 Å². The van der Waals surface area contributed by atoms with E-state index in [4.69, 9.17) is 0 Å². The van der Waals surface area contributed by atoms with Gasteiger partial charge in [0.15, 0.2) is 5.78 Å². The molecular formula is C8H6BrO. The molecule has 1 aromatic rings. The van der Waals surface area contributed by atoms with Crippen molar-refractivity contribution >= 4 is 21.7 Å². The molecule has 0 N–H and O–H groups in total. The lowest BCUT2D eigenvalue weighted by Crippen LogP contribution is -1.91. The van der Waals surface area contributed by atoms with Crippen molar-refractivity contribution in [3.63, 3.8) is 0 Å². The first-order chi connectivity index (χ1) is 4.72. The third kappa shape index (κ3) is 1.45. The summed E-state index contributed by atoms with van der Waals surface area (Å²) < 4.78 is 0.832. The van der Waals surface area contributed by atoms with E-state index in [1.54, 1.807) is 18.2 Å². The zero-order valence-corrected chi connectivity index (χ0v) is 7.10. The van der Waals surface area contributed by atoms with Crippen LogP contribution in [0.4, 0.5) is 0 Å². The van der Waals surface area contributed by atoms with Crippen LogP contribution in [0.1, 0.15) is 17.3 Å². The number of carbonyl (C=O) groups excluding carboxylic acids is 1. The Hall–Kier alpha value is -0.630. The maximum atomic E-state index is 10.8. The van der Waals surface area contributed by atoms with Crippen molar-refractivity contribution in [3.05, 3.63) is 34.3 Å². The van der Waals surface area contributed by atoms with Crippen molar-refractivity contribution in [2.45, 2.75) is 6.92 Å². The second kappa shape index (κ2) is 2.97. The first-order valence-electron chi connectivity index (χ1n) is 2.88. The maximum Gasteiger partial charge on any atom is 0.160 e. The Morgan fingerprint density at radius 2 is 2.40 bits per heavy atom. The number of benzene rings is 1. The smallest absolute Gasteiger partial charge is 0.160 e. The number of ketones is 1. The van der Waals surface area contributed by atoms with E-state index in [0.717, 1.165) is 4.47 Å². The van der Waals surface area contributed by atoms with E-state index in [9.17, 15) is 4.79 Å². The van der Waals surface area contributed by atoms with E-state index in [2.05, 4.69) is 22.0 Å². The molecule has 0 aliphatic carbocycles. The first kappa shape index (κ1) is 7.48. The lowest BCUT2D eigenvalue weighted by Gasteiger charge is -1.95. The minimum Gasteiger partial charge on any atom is -0.294 e. The molecule has 1 nitrogen and oxygen atoms in total. The van der Waals surface area contributed by atoms with Gasteiger partial charge in [0.05, 0.1) is 0 Å². The van der Waals surface area contributed by atoms with Crippen LogP contribution in [0, 0.1) is 6.07 Å². The lowest BCUT2D eigenvalue weighted by molar-refractivity contribution is 0.101. The minimum atomic E-state index is 0.0590. The molecule has 0 saturated heterocycles. The van der Waals surface area contributed by atoms with Crippen LogP contribution in [-0.4, -0.2) is 5.78 Å². The molecule has 51 valence electrons. The largest absolute Gasteiger partial charge is 0.294 e. The Bertz CT molecular complexity index is 255. The van der Waals surface area contributed by atoms with E-state index in [0.29, 0.717) is 5.56 Å². The van der Waals surface area contributed by atoms with Gasteiger partial charge in [0.2, 0.25) is 0 Å². The van der Waals surface area contributed by atoms with Gasteiger partial charge in [0.25, 0.3) is 0 Å². The van der Waals surface area contributed by atoms with E-state index in [-0.39, 0.29) is 5.78 Å². The highest BCUT2D eigenvalue weighted by Gasteiger charge is 2.01. The molecule has 0 unspecified atom stereocenters. The summed E-state index contributed by atoms with van der Waals surface area (Å²) in [5.41, 5.74) is 0.683. The van der Waals surface area contributed by atoms with Crippen LogP contribution in [0.3, 0.4) is 0 Å². The summed E-state index contributed by atoms with van der Waals surface area (Å²) in [6.45, 7) is 1.54. The van der Waals surface area contributed by atoms with E-state index < -0.39 is 0 Å². The Morgan fingerprint density at radius 1 is 1.70 bits per heavy atom. The number of hydrogen-bond acceptors (Lipinski definition) is 1. The third-order valence-electron chi connectivity index (χ3n) is 1.19. The van der Waals surface area contributed by atoms with E-state index in [1.807, 2.05) is 0 Å². The molecule has 0 bridgehead atoms. The van der Waals surface area contributed by atoms with Crippen LogP contribution in [0.2, 0.25) is 0 Å². The predicted octanol–water partition coefficient (Wildman–Crippen LogP) is 2.45. The van der Waals surface area contributed by atoms with Gasteiger partial charge in [-0.2, -0.15) is 0 Å². The predicted molar refractivity (Wildman–Crippen MR) is 43.0 cm³/mol. The topological polar surface area (TPSA) is 17.1 Å². The highest BCUT2D eigenvalue weighted by Crippen LogP contribution is 2.15. The summed E-state index contributed by atoms with van der Waals surface area (Å²) >= 11 is 3.26. The van der Waals surface area contributed by atoms with Gasteiger partial charge in [-0.05, 0) is 25.1 Å². The number of carbonyl (C=O) groups is 1. The van der Waals surface area contributed by atoms with Crippen LogP contribution in [-0.2, 0) is 0 Å². The molecule has 1 radical (unpaired) electrons. The molecule has 10 heavy (non-hydrogen) atoms. The fraction of sp³-hybridized carbons (Fsp3) is 0.125. The van der Waals surface area contributed by atoms with Gasteiger partial charge in [-0.15, -0.1) is 0 Å². The first-order valence-corrected chi connectivity index (χ1v) is 3.67. The monoisotopic (exact) mass is 197 g/mol. The molecule has 0 aliphatic rings. The van der Waals surface area contributed by atoms with Crippen molar-refractivity contribution < 1.29 is 4.79 Å². The summed E-state index contributed by atoms with van der Waals surface area (Å²) in [7, 11) is 0. The number of halogens is 1. The van der Waals surface area contributed by atoms with Crippen LogP contribution < -0.4 is 0 Å². The Kier molecular flexibility index (Phi) is 2.22. The number of Topliss-reactive ketones (excluding diaryl/α,β-unsaturated/α-hetero) is 1. The molecular weight excluding hydrogens is 192 g/mol. The molecule has 0 amide bonds. The molecule has 0 saturated carbocycles. The van der Waals surface area contributed by atoms with Gasteiger partial charge < -0.3 is 0 Å². The average molecular weight is 198 g/mol. The summed E-state index contributed by atoms with van der Waals surface area (Å²) in [6, 6.07) is 8.07. The molecule has 0 fully saturated rings. The van der Waals surface area contributed by atoms with Crippen molar-refractivity contribution in [1.82, 2.24) is 0 Å². The zero-order valence-electron chi connectivity index (χ0n) is 5.52. The highest BCUT2D eigenvalue weighted by molar-refractivity contribution is 9.10. The van der Waals surface area contributed by atoms with Gasteiger partial charge in [0, 0.05) is 10.0 Å². The second-order valence-electron chi connectivity index (χ2n) is 1.96. The molecule has 0 aliphatic heterocycles. The molecule has 1 rings (SSSR count). The number of rotatable bonds is 1. The molecule has 0 atom stereocenters. The van der Waals surface area contributed by atoms with Gasteiger partial charge in [-0.1, -0.05) is 22.0 Å². The van der Waals surface area contributed by atoms with Crippen LogP contribution >= 0.6 is 15.9 Å². The van der Waals surface area contributed by atoms with Crippen LogP contribution in [0.5, 0.6) is 0 Å². The summed E-state index contributed by atoms with van der Waals surface area (Å²) in [5.74, 6) is 0.0590. The summed E-state index contributed by atoms with van der Waals surface area (Å²) in [4.78, 5) is 10.8. The molecule has 2 heteroatoms. The van der Waals surface area contributed by atoms with Crippen molar-refractivity contribution in [3.8, 4) is 0 Å². The van der Waals surface area contributed by atoms with E-state index >= 15 is 0 Å². The van der Waals surface area contributed by atoms with Gasteiger partial charge in [-0.25, -0.2) is 0 Å². The maximum absolute atomic E-state index is 10.8. The minimum absolute atomic E-state index is 0.0590. The Balaban J connectivity index is 3.15. The van der Waals surface area contributed by atoms with Gasteiger partial charge >= 0.3 is 0 Å². The van der Waals surface area contributed by atoms with E-state index in [1.165, 1.54) is 6.92 Å². The quantitative estimate of drug-likeness (QED) is 0.633. The van der Waals surface area contributed by atoms with Crippen molar-refractivity contribution in [1.29, 1.82) is 0 Å². The Labute approximate surface area is 68.2 Å². The summed E-state index contributed by atoms with van der Waals surface area (Å²) in [5, 5.41) is 0. The fourth-order valence-electron chi connectivity index (χ4n) is 0.681. The fourth-order valence-corrected chi connectivity index (χ4v) is 1.21. The normalized spacial score (nSPS) is 9.40. The molecule has 0 heterocycles. The van der Waals surface area contributed by atoms with Gasteiger partial charge in [0.1, 0.15) is 0 Å². The van der Waals surface area contributed by atoms with Crippen LogP contribution in [0.25, 0.3) is 0 Å². The molecule has 0 spiro atoms. The standard InChI is InChI=1S/C8H6BrO/c1-6(10)7-4-2-3-5-8(7)9/h3-5H,1H3. The third-order valence-corrected chi connectivity index (χ3v) is 1.88. The average Bonchev–Trinajstić information content (AvgIpc) is 1.88. The second-order valence-corrected chi connectivity index (χ2v) is 2.82. The molecule has 0 aromatic heterocycles. The molecule has 1 aromatic carbocycles. The highest BCUT2D eigenvalue weighted by atomic mass is 79.9. The SMILES string of the molecule is CC(=O)c1c[c]ccc1Br. The Morgan fingerprint density at radius 3 is 2.80 bits per heavy atom. The number of hydrogen-bond donors (Lipinski definition) is 0. The van der Waals surface area contributed by atoms with Crippen LogP contribution in [0.15, 0.2) is 22.7 Å². The zero-order chi connectivity index (χ0) is 7.56. The lowest BCUT2D eigenvalue weighted by atomic mass is 10.2. The van der Waals surface area contributed by atoms with Crippen molar-refractivity contribution in [2.24, 2.45) is 0 Å².